The standard InChI is InChI=1S/C30H28ClN3O3/c1-30(2,29(35)36)21-12-14-22(15-13-21)37-28-23(17-32)27-25(33-28)16-24(31)26(34-27)20-10-8-19(9-11-20)18-6-4-3-5-7-18/h3-11,16,21-22,33H,12-15H2,1-2H3,(H,35,36). The third-order valence-electron chi connectivity index (χ3n) is 7.60. The minimum absolute atomic E-state index is 0.0959. The fraction of sp³-hybridized carbons (Fsp3) is 0.300. The molecule has 0 bridgehead atoms. The largest absolute Gasteiger partial charge is 0.481 e. The second kappa shape index (κ2) is 9.91. The third-order valence-corrected chi connectivity index (χ3v) is 7.88. The molecule has 2 aromatic heterocycles. The first kappa shape index (κ1) is 24.9. The fourth-order valence-corrected chi connectivity index (χ4v) is 5.42. The number of fused-ring (bicyclic) bond motifs is 1. The Bertz CT molecular complexity index is 1480. The minimum Gasteiger partial charge on any atom is -0.481 e. The zero-order chi connectivity index (χ0) is 26.2. The van der Waals surface area contributed by atoms with E-state index in [1.807, 2.05) is 42.5 Å². The number of nitrogens with one attached hydrogen (secondary N) is 1. The van der Waals surface area contributed by atoms with Crippen LogP contribution in [0.15, 0.2) is 60.7 Å². The van der Waals surface area contributed by atoms with Crippen LogP contribution in [0.2, 0.25) is 5.02 Å². The van der Waals surface area contributed by atoms with E-state index in [9.17, 15) is 15.2 Å². The lowest BCUT2D eigenvalue weighted by molar-refractivity contribution is -0.151. The summed E-state index contributed by atoms with van der Waals surface area (Å²) in [4.78, 5) is 19.6. The summed E-state index contributed by atoms with van der Waals surface area (Å²) in [6.45, 7) is 3.57. The Morgan fingerprint density at radius 3 is 2.30 bits per heavy atom. The third kappa shape index (κ3) is 4.80. The van der Waals surface area contributed by atoms with Gasteiger partial charge in [0, 0.05) is 5.56 Å². The molecule has 5 rings (SSSR count). The molecular formula is C30H28ClN3O3. The van der Waals surface area contributed by atoms with Gasteiger partial charge >= 0.3 is 5.97 Å². The van der Waals surface area contributed by atoms with E-state index < -0.39 is 11.4 Å². The summed E-state index contributed by atoms with van der Waals surface area (Å²) in [5.41, 5.74) is 4.43. The number of carbonyl (C=O) groups is 1. The second-order valence-electron chi connectivity index (χ2n) is 10.2. The number of hydrogen-bond donors (Lipinski definition) is 2. The average Bonchev–Trinajstić information content (AvgIpc) is 3.24. The molecule has 37 heavy (non-hydrogen) atoms. The first-order valence-corrected chi connectivity index (χ1v) is 12.8. The van der Waals surface area contributed by atoms with Crippen LogP contribution >= 0.6 is 11.6 Å². The number of nitrogens with zero attached hydrogens (tertiary/aromatic N) is 2. The van der Waals surface area contributed by atoms with Gasteiger partial charge in [-0.1, -0.05) is 66.2 Å². The van der Waals surface area contributed by atoms with Crippen LogP contribution in [0.25, 0.3) is 33.4 Å². The Morgan fingerprint density at radius 2 is 1.68 bits per heavy atom. The lowest BCUT2D eigenvalue weighted by atomic mass is 9.70. The number of aromatic nitrogens is 2. The predicted octanol–water partition coefficient (Wildman–Crippen LogP) is 7.47. The van der Waals surface area contributed by atoms with E-state index in [0.717, 1.165) is 42.4 Å². The van der Waals surface area contributed by atoms with E-state index in [-0.39, 0.29) is 12.0 Å². The van der Waals surface area contributed by atoms with Crippen LogP contribution in [-0.2, 0) is 4.79 Å². The number of aliphatic carboxylic acids is 1. The van der Waals surface area contributed by atoms with Crippen LogP contribution in [0.5, 0.6) is 5.88 Å². The van der Waals surface area contributed by atoms with Crippen molar-refractivity contribution in [1.82, 2.24) is 9.97 Å². The molecule has 1 fully saturated rings. The molecule has 0 unspecified atom stereocenters. The van der Waals surface area contributed by atoms with Gasteiger partial charge in [0.05, 0.1) is 21.6 Å². The summed E-state index contributed by atoms with van der Waals surface area (Å²) >= 11 is 6.62. The molecule has 0 aliphatic heterocycles. The van der Waals surface area contributed by atoms with Crippen LogP contribution in [0.1, 0.15) is 45.1 Å². The van der Waals surface area contributed by atoms with Crippen LogP contribution in [0.4, 0.5) is 0 Å². The van der Waals surface area contributed by atoms with E-state index in [4.69, 9.17) is 21.3 Å². The number of ether oxygens (including phenoxy) is 1. The lowest BCUT2D eigenvalue weighted by Crippen LogP contribution is -2.37. The SMILES string of the molecule is CC(C)(C(=O)O)C1CCC(Oc2[nH]c3cc(Cl)c(-c4ccc(-c5ccccc5)cc4)nc3c2C#N)CC1. The monoisotopic (exact) mass is 513 g/mol. The van der Waals surface area contributed by atoms with Crippen LogP contribution in [-0.4, -0.2) is 27.1 Å². The van der Waals surface area contributed by atoms with Gasteiger partial charge in [0.2, 0.25) is 5.88 Å². The number of halogens is 1. The molecule has 0 radical (unpaired) electrons. The molecule has 1 aliphatic rings. The Kier molecular flexibility index (Phi) is 6.66. The smallest absolute Gasteiger partial charge is 0.309 e. The molecule has 1 saturated carbocycles. The minimum atomic E-state index is -0.771. The van der Waals surface area contributed by atoms with E-state index in [0.29, 0.717) is 33.2 Å². The van der Waals surface area contributed by atoms with E-state index in [2.05, 4.69) is 23.2 Å². The van der Waals surface area contributed by atoms with Gasteiger partial charge in [-0.3, -0.25) is 4.79 Å². The molecule has 0 atom stereocenters. The summed E-state index contributed by atoms with van der Waals surface area (Å²) in [6, 6.07) is 22.2. The molecule has 1 aliphatic carbocycles. The van der Waals surface area contributed by atoms with Crippen molar-refractivity contribution in [2.75, 3.05) is 0 Å². The topological polar surface area (TPSA) is 99.0 Å². The van der Waals surface area contributed by atoms with Gasteiger partial charge in [-0.2, -0.15) is 5.26 Å². The van der Waals surface area contributed by atoms with E-state index >= 15 is 0 Å². The van der Waals surface area contributed by atoms with Gasteiger partial charge in [0.25, 0.3) is 0 Å². The number of carboxylic acid groups (broad SMARTS) is 1. The molecule has 188 valence electrons. The van der Waals surface area contributed by atoms with Crippen molar-refractivity contribution in [2.24, 2.45) is 11.3 Å². The quantitative estimate of drug-likeness (QED) is 0.278. The highest BCUT2D eigenvalue weighted by atomic mass is 35.5. The molecule has 2 N–H and O–H groups in total. The molecule has 0 spiro atoms. The number of rotatable bonds is 6. The van der Waals surface area contributed by atoms with Gasteiger partial charge in [0.15, 0.2) is 0 Å². The van der Waals surface area contributed by atoms with Crippen molar-refractivity contribution in [3.63, 3.8) is 0 Å². The van der Waals surface area contributed by atoms with Crippen molar-refractivity contribution >= 4 is 28.6 Å². The fourth-order valence-electron chi connectivity index (χ4n) is 5.16. The maximum atomic E-state index is 11.6. The Labute approximate surface area is 220 Å². The second-order valence-corrected chi connectivity index (χ2v) is 10.6. The first-order chi connectivity index (χ1) is 17.8. The number of nitriles is 1. The predicted molar refractivity (Wildman–Crippen MR) is 144 cm³/mol. The molecule has 6 nitrogen and oxygen atoms in total. The van der Waals surface area contributed by atoms with Gasteiger partial charge in [-0.05, 0) is 62.6 Å². The highest BCUT2D eigenvalue weighted by molar-refractivity contribution is 6.33. The zero-order valence-electron chi connectivity index (χ0n) is 20.8. The summed E-state index contributed by atoms with van der Waals surface area (Å²) in [7, 11) is 0. The highest BCUT2D eigenvalue weighted by Crippen LogP contribution is 2.40. The maximum Gasteiger partial charge on any atom is 0.309 e. The Hall–Kier alpha value is -3.82. The zero-order valence-corrected chi connectivity index (χ0v) is 21.5. The summed E-state index contributed by atoms with van der Waals surface area (Å²) < 4.78 is 6.23. The first-order valence-electron chi connectivity index (χ1n) is 12.5. The number of hydrogen-bond acceptors (Lipinski definition) is 4. The Morgan fingerprint density at radius 1 is 1.05 bits per heavy atom. The maximum absolute atomic E-state index is 11.6. The molecule has 7 heteroatoms. The average molecular weight is 514 g/mol. The van der Waals surface area contributed by atoms with Crippen LogP contribution in [0, 0.1) is 22.7 Å². The Balaban J connectivity index is 1.39. The number of H-pyrrole nitrogens is 1. The van der Waals surface area contributed by atoms with Gasteiger partial charge in [-0.25, -0.2) is 4.98 Å². The van der Waals surface area contributed by atoms with E-state index in [1.165, 1.54) is 0 Å². The molecule has 0 saturated heterocycles. The van der Waals surface area contributed by atoms with Crippen molar-refractivity contribution < 1.29 is 14.6 Å². The van der Waals surface area contributed by atoms with E-state index in [1.54, 1.807) is 19.9 Å². The van der Waals surface area contributed by atoms with Crippen LogP contribution in [0.3, 0.4) is 0 Å². The van der Waals surface area contributed by atoms with Gasteiger partial charge in [0.1, 0.15) is 23.3 Å². The van der Waals surface area contributed by atoms with Crippen LogP contribution < -0.4 is 4.74 Å². The van der Waals surface area contributed by atoms with Gasteiger partial charge in [-0.15, -0.1) is 0 Å². The van der Waals surface area contributed by atoms with Crippen molar-refractivity contribution in [1.29, 1.82) is 5.26 Å². The molecule has 0 amide bonds. The van der Waals surface area contributed by atoms with Crippen molar-refractivity contribution in [3.8, 4) is 34.3 Å². The molecule has 2 aromatic carbocycles. The highest BCUT2D eigenvalue weighted by Gasteiger charge is 2.39. The number of benzene rings is 2. The normalized spacial score (nSPS) is 17.9. The number of carboxylic acids is 1. The molecular weight excluding hydrogens is 486 g/mol. The lowest BCUT2D eigenvalue weighted by Gasteiger charge is -2.36. The van der Waals surface area contributed by atoms with Crippen molar-refractivity contribution in [3.05, 3.63) is 71.2 Å². The molecule has 4 aromatic rings. The number of aromatic amines is 1. The summed E-state index contributed by atoms with van der Waals surface area (Å²) in [5.74, 6) is -0.286. The van der Waals surface area contributed by atoms with Crippen molar-refractivity contribution in [2.45, 2.75) is 45.6 Å². The summed E-state index contributed by atoms with van der Waals surface area (Å²) in [6.07, 6.45) is 2.89. The summed E-state index contributed by atoms with van der Waals surface area (Å²) in [5, 5.41) is 20.0. The molecule has 2 heterocycles. The number of pyridine rings is 1. The van der Waals surface area contributed by atoms with Gasteiger partial charge < -0.3 is 14.8 Å².